The second-order valence-corrected chi connectivity index (χ2v) is 4.28. The molecule has 0 radical (unpaired) electrons. The molecule has 0 amide bonds. The van der Waals surface area contributed by atoms with Crippen LogP contribution in [0.25, 0.3) is 0 Å². The van der Waals surface area contributed by atoms with Crippen LogP contribution in [0.4, 0.5) is 0 Å². The molecule has 4 heteroatoms. The van der Waals surface area contributed by atoms with E-state index in [1.165, 1.54) is 7.11 Å². The average Bonchev–Trinajstić information content (AvgIpc) is 2.29. The Morgan fingerprint density at radius 2 is 2.00 bits per heavy atom. The summed E-state index contributed by atoms with van der Waals surface area (Å²) in [5.74, 6) is -0.691. The number of ether oxygens (including phenoxy) is 2. The summed E-state index contributed by atoms with van der Waals surface area (Å²) < 4.78 is 10.3. The van der Waals surface area contributed by atoms with E-state index in [9.17, 15) is 9.90 Å². The molecule has 1 saturated heterocycles. The van der Waals surface area contributed by atoms with Crippen molar-refractivity contribution >= 4 is 5.97 Å². The molecule has 1 aliphatic heterocycles. The minimum atomic E-state index is -0.683. The van der Waals surface area contributed by atoms with Gasteiger partial charge in [0.05, 0.1) is 19.3 Å². The van der Waals surface area contributed by atoms with E-state index in [4.69, 9.17) is 4.74 Å². The van der Waals surface area contributed by atoms with Gasteiger partial charge in [0.25, 0.3) is 0 Å². The van der Waals surface area contributed by atoms with Crippen LogP contribution in [0.1, 0.15) is 20.8 Å². The Hall–Kier alpha value is -0.870. The first-order valence-electron chi connectivity index (χ1n) is 5.57. The highest BCUT2D eigenvalue weighted by atomic mass is 16.6. The number of hydrogen-bond acceptors (Lipinski definition) is 4. The van der Waals surface area contributed by atoms with Gasteiger partial charge in [0.1, 0.15) is 0 Å². The molecule has 0 bridgehead atoms. The minimum absolute atomic E-state index is 0.0212. The zero-order valence-corrected chi connectivity index (χ0v) is 10.2. The smallest absolute Gasteiger partial charge is 0.335 e. The Labute approximate surface area is 96.2 Å². The van der Waals surface area contributed by atoms with Crippen LogP contribution in [0.15, 0.2) is 12.2 Å². The van der Waals surface area contributed by atoms with Gasteiger partial charge in [-0.2, -0.15) is 0 Å². The second-order valence-electron chi connectivity index (χ2n) is 4.28. The molecule has 4 nitrogen and oxygen atoms in total. The molecule has 1 aliphatic rings. The molecule has 0 aromatic heterocycles. The lowest BCUT2D eigenvalue weighted by atomic mass is 9.82. The van der Waals surface area contributed by atoms with Crippen molar-refractivity contribution in [2.24, 2.45) is 11.8 Å². The largest absolute Gasteiger partial charge is 0.467 e. The maximum atomic E-state index is 11.5. The number of carbonyl (C=O) groups excluding carboxylic acids is 1. The lowest BCUT2D eigenvalue weighted by Crippen LogP contribution is -2.51. The molecule has 0 aliphatic carbocycles. The number of carbonyl (C=O) groups is 1. The Morgan fingerprint density at radius 1 is 1.38 bits per heavy atom. The van der Waals surface area contributed by atoms with Gasteiger partial charge < -0.3 is 14.6 Å². The normalized spacial score (nSPS) is 39.9. The summed E-state index contributed by atoms with van der Waals surface area (Å²) in [4.78, 5) is 11.5. The SMILES string of the molecule is C/C=C/[C@@H]1O[C@H](C(=O)OC)[C@H](C)[C@H](O)[C@@H]1C. The minimum Gasteiger partial charge on any atom is -0.467 e. The van der Waals surface area contributed by atoms with Crippen molar-refractivity contribution in [3.05, 3.63) is 12.2 Å². The standard InChI is InChI=1S/C12H20O4/c1-5-6-9-7(2)10(13)8(3)11(16-9)12(14)15-4/h5-11,13H,1-4H3/b6-5+/t7-,8-,9+,10-,11+/m1/s1. The number of aliphatic hydroxyl groups excluding tert-OH is 1. The third-order valence-corrected chi connectivity index (χ3v) is 3.19. The Morgan fingerprint density at radius 3 is 2.50 bits per heavy atom. The van der Waals surface area contributed by atoms with E-state index >= 15 is 0 Å². The van der Waals surface area contributed by atoms with Crippen molar-refractivity contribution in [3.63, 3.8) is 0 Å². The van der Waals surface area contributed by atoms with Crippen LogP contribution in [0.5, 0.6) is 0 Å². The Balaban J connectivity index is 2.84. The molecule has 1 rings (SSSR count). The predicted octanol–water partition coefficient (Wildman–Crippen LogP) is 1.14. The average molecular weight is 228 g/mol. The van der Waals surface area contributed by atoms with Crippen molar-refractivity contribution in [3.8, 4) is 0 Å². The van der Waals surface area contributed by atoms with Crippen LogP contribution in [-0.2, 0) is 14.3 Å². The number of hydrogen-bond donors (Lipinski definition) is 1. The number of aliphatic hydroxyl groups is 1. The number of esters is 1. The lowest BCUT2D eigenvalue weighted by molar-refractivity contribution is -0.185. The summed E-state index contributed by atoms with van der Waals surface area (Å²) in [6.45, 7) is 5.60. The van der Waals surface area contributed by atoms with E-state index < -0.39 is 18.2 Å². The molecule has 0 unspecified atom stereocenters. The summed E-state index contributed by atoms with van der Waals surface area (Å²) in [6.07, 6.45) is 2.24. The van der Waals surface area contributed by atoms with Crippen molar-refractivity contribution in [2.45, 2.75) is 39.1 Å². The van der Waals surface area contributed by atoms with Crippen LogP contribution in [0.3, 0.4) is 0 Å². The molecular formula is C12H20O4. The molecule has 1 fully saturated rings. The fraction of sp³-hybridized carbons (Fsp3) is 0.750. The summed E-state index contributed by atoms with van der Waals surface area (Å²) >= 11 is 0. The van der Waals surface area contributed by atoms with Crippen molar-refractivity contribution in [1.82, 2.24) is 0 Å². The Bertz CT molecular complexity index is 274. The molecule has 92 valence electrons. The third kappa shape index (κ3) is 2.44. The second kappa shape index (κ2) is 5.46. The quantitative estimate of drug-likeness (QED) is 0.568. The van der Waals surface area contributed by atoms with Crippen LogP contribution < -0.4 is 0 Å². The highest BCUT2D eigenvalue weighted by Gasteiger charge is 2.43. The first kappa shape index (κ1) is 13.2. The number of allylic oxidation sites excluding steroid dienone is 1. The number of rotatable bonds is 2. The van der Waals surface area contributed by atoms with E-state index in [1.807, 2.05) is 26.0 Å². The first-order valence-corrected chi connectivity index (χ1v) is 5.57. The van der Waals surface area contributed by atoms with Gasteiger partial charge in [-0.3, -0.25) is 0 Å². The molecule has 1 heterocycles. The van der Waals surface area contributed by atoms with Gasteiger partial charge in [-0.1, -0.05) is 26.0 Å². The van der Waals surface area contributed by atoms with Gasteiger partial charge in [-0.25, -0.2) is 4.79 Å². The molecule has 0 aromatic rings. The molecule has 16 heavy (non-hydrogen) atoms. The van der Waals surface area contributed by atoms with Gasteiger partial charge in [0.2, 0.25) is 0 Å². The van der Waals surface area contributed by atoms with Gasteiger partial charge in [0, 0.05) is 11.8 Å². The molecule has 0 saturated carbocycles. The van der Waals surface area contributed by atoms with Crippen molar-refractivity contribution in [1.29, 1.82) is 0 Å². The van der Waals surface area contributed by atoms with E-state index in [0.717, 1.165) is 0 Å². The highest BCUT2D eigenvalue weighted by molar-refractivity contribution is 5.75. The molecule has 5 atom stereocenters. The maximum absolute atomic E-state index is 11.5. The molecule has 0 aromatic carbocycles. The van der Waals surface area contributed by atoms with Crippen LogP contribution in [0, 0.1) is 11.8 Å². The van der Waals surface area contributed by atoms with Gasteiger partial charge in [-0.05, 0) is 6.92 Å². The topological polar surface area (TPSA) is 55.8 Å². The van der Waals surface area contributed by atoms with Gasteiger partial charge in [0.15, 0.2) is 6.10 Å². The van der Waals surface area contributed by atoms with Crippen LogP contribution in [-0.4, -0.2) is 36.5 Å². The lowest BCUT2D eigenvalue weighted by Gasteiger charge is -2.40. The first-order chi connectivity index (χ1) is 7.52. The van der Waals surface area contributed by atoms with Crippen molar-refractivity contribution in [2.75, 3.05) is 7.11 Å². The van der Waals surface area contributed by atoms with Gasteiger partial charge in [-0.15, -0.1) is 0 Å². The predicted molar refractivity (Wildman–Crippen MR) is 59.8 cm³/mol. The number of methoxy groups -OCH3 is 1. The summed E-state index contributed by atoms with van der Waals surface area (Å²) in [7, 11) is 1.33. The monoisotopic (exact) mass is 228 g/mol. The van der Waals surface area contributed by atoms with Crippen molar-refractivity contribution < 1.29 is 19.4 Å². The Kier molecular flexibility index (Phi) is 4.50. The summed E-state index contributed by atoms with van der Waals surface area (Å²) in [5.41, 5.74) is 0. The molecular weight excluding hydrogens is 208 g/mol. The fourth-order valence-electron chi connectivity index (χ4n) is 2.07. The van der Waals surface area contributed by atoms with E-state index in [0.29, 0.717) is 0 Å². The van der Waals surface area contributed by atoms with Gasteiger partial charge >= 0.3 is 5.97 Å². The fourth-order valence-corrected chi connectivity index (χ4v) is 2.07. The zero-order valence-electron chi connectivity index (χ0n) is 10.2. The van der Waals surface area contributed by atoms with E-state index in [2.05, 4.69) is 4.74 Å². The summed E-state index contributed by atoms with van der Waals surface area (Å²) in [5, 5.41) is 10.0. The third-order valence-electron chi connectivity index (χ3n) is 3.19. The van der Waals surface area contributed by atoms with E-state index in [-0.39, 0.29) is 17.9 Å². The highest BCUT2D eigenvalue weighted by Crippen LogP contribution is 2.31. The van der Waals surface area contributed by atoms with Crippen LogP contribution >= 0.6 is 0 Å². The summed E-state index contributed by atoms with van der Waals surface area (Å²) in [6, 6.07) is 0. The molecule has 0 spiro atoms. The maximum Gasteiger partial charge on any atom is 0.335 e. The van der Waals surface area contributed by atoms with Crippen LogP contribution in [0.2, 0.25) is 0 Å². The van der Waals surface area contributed by atoms with E-state index in [1.54, 1.807) is 6.92 Å². The zero-order chi connectivity index (χ0) is 12.3. The molecule has 1 N–H and O–H groups in total.